The monoisotopic (exact) mass is 252 g/mol. The Kier molecular flexibility index (Phi) is 3.89. The van der Waals surface area contributed by atoms with Crippen LogP contribution in [0.3, 0.4) is 0 Å². The SMILES string of the molecule is COc1c(CC(=O)O)c(C)nn1C1CCCCC1. The Morgan fingerprint density at radius 1 is 1.44 bits per heavy atom. The van der Waals surface area contributed by atoms with Gasteiger partial charge in [-0.2, -0.15) is 5.10 Å². The zero-order chi connectivity index (χ0) is 13.1. The molecule has 1 saturated carbocycles. The number of aromatic nitrogens is 2. The van der Waals surface area contributed by atoms with Crippen molar-refractivity contribution in [2.45, 2.75) is 51.5 Å². The minimum atomic E-state index is -0.848. The molecule has 1 aromatic rings. The van der Waals surface area contributed by atoms with Gasteiger partial charge in [0.25, 0.3) is 0 Å². The van der Waals surface area contributed by atoms with Crippen LogP contribution in [0.15, 0.2) is 0 Å². The number of rotatable bonds is 4. The van der Waals surface area contributed by atoms with Gasteiger partial charge in [0.15, 0.2) is 0 Å². The highest BCUT2D eigenvalue weighted by atomic mass is 16.5. The Bertz CT molecular complexity index is 434. The van der Waals surface area contributed by atoms with Crippen LogP contribution in [0.1, 0.15) is 49.4 Å². The molecule has 0 spiro atoms. The number of aliphatic carboxylic acids is 1. The molecule has 0 saturated heterocycles. The molecule has 0 radical (unpaired) electrons. The zero-order valence-electron chi connectivity index (χ0n) is 11.0. The van der Waals surface area contributed by atoms with Gasteiger partial charge in [-0.3, -0.25) is 4.79 Å². The molecule has 1 aromatic heterocycles. The first kappa shape index (κ1) is 12.9. The Balaban J connectivity index is 2.32. The third-order valence-corrected chi connectivity index (χ3v) is 3.60. The number of aryl methyl sites for hydroxylation is 1. The Morgan fingerprint density at radius 2 is 2.11 bits per heavy atom. The maximum absolute atomic E-state index is 10.9. The smallest absolute Gasteiger partial charge is 0.308 e. The van der Waals surface area contributed by atoms with Crippen LogP contribution >= 0.6 is 0 Å². The normalized spacial score (nSPS) is 16.8. The second-order valence-corrected chi connectivity index (χ2v) is 4.88. The zero-order valence-corrected chi connectivity index (χ0v) is 11.0. The van der Waals surface area contributed by atoms with Gasteiger partial charge in [-0.05, 0) is 19.8 Å². The summed E-state index contributed by atoms with van der Waals surface area (Å²) in [6.07, 6.45) is 5.87. The molecule has 5 heteroatoms. The van der Waals surface area contributed by atoms with Crippen LogP contribution in [0.25, 0.3) is 0 Å². The molecule has 0 aromatic carbocycles. The third kappa shape index (κ3) is 2.49. The van der Waals surface area contributed by atoms with Crippen LogP contribution in [0.4, 0.5) is 0 Å². The minimum absolute atomic E-state index is 0.0261. The first-order valence-corrected chi connectivity index (χ1v) is 6.47. The van der Waals surface area contributed by atoms with E-state index in [-0.39, 0.29) is 6.42 Å². The fourth-order valence-corrected chi connectivity index (χ4v) is 2.70. The Morgan fingerprint density at radius 3 is 2.67 bits per heavy atom. The van der Waals surface area contributed by atoms with Gasteiger partial charge < -0.3 is 9.84 Å². The van der Waals surface area contributed by atoms with Gasteiger partial charge in [-0.25, -0.2) is 4.68 Å². The molecule has 0 bridgehead atoms. The van der Waals surface area contributed by atoms with Crippen molar-refractivity contribution in [1.82, 2.24) is 9.78 Å². The summed E-state index contributed by atoms with van der Waals surface area (Å²) < 4.78 is 7.28. The Hall–Kier alpha value is -1.52. The summed E-state index contributed by atoms with van der Waals surface area (Å²) >= 11 is 0. The maximum Gasteiger partial charge on any atom is 0.308 e. The highest BCUT2D eigenvalue weighted by molar-refractivity contribution is 5.71. The standard InChI is InChI=1S/C13H20N2O3/c1-9-11(8-12(16)17)13(18-2)15(14-9)10-6-4-3-5-7-10/h10H,3-8H2,1-2H3,(H,16,17). The third-order valence-electron chi connectivity index (χ3n) is 3.60. The molecule has 0 aliphatic heterocycles. The predicted molar refractivity (Wildman–Crippen MR) is 67.0 cm³/mol. The highest BCUT2D eigenvalue weighted by Crippen LogP contribution is 2.33. The van der Waals surface area contributed by atoms with E-state index in [1.165, 1.54) is 19.3 Å². The fraction of sp³-hybridized carbons (Fsp3) is 0.692. The lowest BCUT2D eigenvalue weighted by molar-refractivity contribution is -0.136. The fourth-order valence-electron chi connectivity index (χ4n) is 2.70. The molecule has 0 unspecified atom stereocenters. The topological polar surface area (TPSA) is 64.3 Å². The van der Waals surface area contributed by atoms with Crippen LogP contribution in [0.2, 0.25) is 0 Å². The van der Waals surface area contributed by atoms with Crippen molar-refractivity contribution < 1.29 is 14.6 Å². The lowest BCUT2D eigenvalue weighted by atomic mass is 9.96. The molecule has 1 aliphatic carbocycles. The van der Waals surface area contributed by atoms with Crippen molar-refractivity contribution in [3.05, 3.63) is 11.3 Å². The van der Waals surface area contributed by atoms with Crippen molar-refractivity contribution in [3.8, 4) is 5.88 Å². The van der Waals surface area contributed by atoms with Crippen LogP contribution < -0.4 is 4.74 Å². The maximum atomic E-state index is 10.9. The van der Waals surface area contributed by atoms with Crippen molar-refractivity contribution in [2.75, 3.05) is 7.11 Å². The van der Waals surface area contributed by atoms with Crippen molar-refractivity contribution in [1.29, 1.82) is 0 Å². The molecule has 1 heterocycles. The molecular weight excluding hydrogens is 232 g/mol. The molecule has 0 atom stereocenters. The second kappa shape index (κ2) is 5.42. The molecular formula is C13H20N2O3. The van der Waals surface area contributed by atoms with E-state index >= 15 is 0 Å². The number of carboxylic acid groups (broad SMARTS) is 1. The van der Waals surface area contributed by atoms with Crippen LogP contribution in [0, 0.1) is 6.92 Å². The van der Waals surface area contributed by atoms with E-state index in [0.29, 0.717) is 17.5 Å². The van der Waals surface area contributed by atoms with E-state index < -0.39 is 5.97 Å². The number of carbonyl (C=O) groups is 1. The highest BCUT2D eigenvalue weighted by Gasteiger charge is 2.24. The molecule has 18 heavy (non-hydrogen) atoms. The number of hydrogen-bond acceptors (Lipinski definition) is 3. The lowest BCUT2D eigenvalue weighted by Gasteiger charge is -2.23. The number of hydrogen-bond donors (Lipinski definition) is 1. The van der Waals surface area contributed by atoms with Gasteiger partial charge in [-0.15, -0.1) is 0 Å². The lowest BCUT2D eigenvalue weighted by Crippen LogP contribution is -2.15. The number of nitrogens with zero attached hydrogens (tertiary/aromatic N) is 2. The summed E-state index contributed by atoms with van der Waals surface area (Å²) in [6, 6.07) is 0.356. The van der Waals surface area contributed by atoms with Crippen LogP contribution in [-0.4, -0.2) is 28.0 Å². The van der Waals surface area contributed by atoms with E-state index in [2.05, 4.69) is 5.10 Å². The molecule has 1 aliphatic rings. The number of carboxylic acids is 1. The molecule has 2 rings (SSSR count). The van der Waals surface area contributed by atoms with Crippen LogP contribution in [0.5, 0.6) is 5.88 Å². The summed E-state index contributed by atoms with van der Waals surface area (Å²) in [4.78, 5) is 10.9. The summed E-state index contributed by atoms with van der Waals surface area (Å²) in [5.74, 6) is -0.221. The first-order valence-electron chi connectivity index (χ1n) is 6.47. The molecule has 100 valence electrons. The van der Waals surface area contributed by atoms with Gasteiger partial charge >= 0.3 is 5.97 Å². The van der Waals surface area contributed by atoms with Gasteiger partial charge in [-0.1, -0.05) is 19.3 Å². The van der Waals surface area contributed by atoms with Crippen molar-refractivity contribution in [2.24, 2.45) is 0 Å². The summed E-state index contributed by atoms with van der Waals surface area (Å²) in [5, 5.41) is 13.4. The largest absolute Gasteiger partial charge is 0.481 e. The minimum Gasteiger partial charge on any atom is -0.481 e. The van der Waals surface area contributed by atoms with E-state index in [1.807, 2.05) is 11.6 Å². The van der Waals surface area contributed by atoms with Gasteiger partial charge in [0.1, 0.15) is 0 Å². The average Bonchev–Trinajstić information content (AvgIpc) is 2.67. The van der Waals surface area contributed by atoms with Gasteiger partial charge in [0, 0.05) is 5.56 Å². The van der Waals surface area contributed by atoms with Crippen molar-refractivity contribution >= 4 is 5.97 Å². The van der Waals surface area contributed by atoms with E-state index in [0.717, 1.165) is 18.5 Å². The van der Waals surface area contributed by atoms with Crippen LogP contribution in [-0.2, 0) is 11.2 Å². The Labute approximate surface area is 107 Å². The number of ether oxygens (including phenoxy) is 1. The molecule has 1 fully saturated rings. The average molecular weight is 252 g/mol. The van der Waals surface area contributed by atoms with Crippen molar-refractivity contribution in [3.63, 3.8) is 0 Å². The first-order chi connectivity index (χ1) is 8.63. The summed E-state index contributed by atoms with van der Waals surface area (Å²) in [5.41, 5.74) is 1.47. The van der Waals surface area contributed by atoms with E-state index in [4.69, 9.17) is 9.84 Å². The molecule has 1 N–H and O–H groups in total. The quantitative estimate of drug-likeness (QED) is 0.893. The second-order valence-electron chi connectivity index (χ2n) is 4.88. The summed E-state index contributed by atoms with van der Waals surface area (Å²) in [7, 11) is 1.58. The molecule has 5 nitrogen and oxygen atoms in total. The van der Waals surface area contributed by atoms with E-state index in [9.17, 15) is 4.79 Å². The van der Waals surface area contributed by atoms with Gasteiger partial charge in [0.05, 0.1) is 25.3 Å². The molecule has 0 amide bonds. The van der Waals surface area contributed by atoms with E-state index in [1.54, 1.807) is 7.11 Å². The summed E-state index contributed by atoms with van der Waals surface area (Å²) in [6.45, 7) is 1.85. The van der Waals surface area contributed by atoms with Gasteiger partial charge in [0.2, 0.25) is 5.88 Å². The predicted octanol–water partition coefficient (Wildman–Crippen LogP) is 2.33. The number of methoxy groups -OCH3 is 1.